The smallest absolute Gasteiger partial charge is 0.123 e. The van der Waals surface area contributed by atoms with Gasteiger partial charge in [-0.3, -0.25) is 11.3 Å². The zero-order chi connectivity index (χ0) is 25.0. The van der Waals surface area contributed by atoms with Crippen LogP contribution in [-0.4, -0.2) is 46.9 Å². The van der Waals surface area contributed by atoms with Crippen molar-refractivity contribution in [2.75, 3.05) is 25.1 Å². The number of hydrogen-bond donors (Lipinski definition) is 4. The molecular weight excluding hydrogens is 436 g/mol. The van der Waals surface area contributed by atoms with Crippen LogP contribution in [0.25, 0.3) is 5.57 Å². The number of allylic oxidation sites excluding steroid dienone is 1. The van der Waals surface area contributed by atoms with Crippen molar-refractivity contribution in [3.8, 4) is 5.75 Å². The number of piperazine rings is 1. The molecule has 0 unspecified atom stereocenters. The largest absolute Gasteiger partial charge is 0.488 e. The SMILES string of the molecule is C=CNC(=CC(=N)N1CCN(C2CCCCC2)C(=C)C1)C(=C)c1cc(OC2(C)CC2)ccc1NN. The second-order valence-corrected chi connectivity index (χ2v) is 10.1. The zero-order valence-corrected chi connectivity index (χ0v) is 21.0. The van der Waals surface area contributed by atoms with E-state index in [2.05, 4.69) is 47.2 Å². The van der Waals surface area contributed by atoms with E-state index >= 15 is 0 Å². The molecule has 1 aromatic carbocycles. The standard InChI is InChI=1S/C28H40N6O/c1-5-31-26(21(3)24-17-23(11-12-25(24)32-30)35-28(4)13-14-28)18-27(29)33-15-16-34(20(2)19-33)22-9-7-6-8-10-22/h5,11-12,17-18,22,29,31-32H,1-3,6-10,13-16,19,30H2,4H3. The predicted molar refractivity (Wildman–Crippen MR) is 145 cm³/mol. The van der Waals surface area contributed by atoms with Gasteiger partial charge in [0.15, 0.2) is 0 Å². The summed E-state index contributed by atoms with van der Waals surface area (Å²) < 4.78 is 6.16. The van der Waals surface area contributed by atoms with Crippen molar-refractivity contribution >= 4 is 17.1 Å². The molecule has 188 valence electrons. The highest BCUT2D eigenvalue weighted by molar-refractivity contribution is 5.96. The zero-order valence-electron chi connectivity index (χ0n) is 21.0. The Labute approximate surface area is 209 Å². The predicted octanol–water partition coefficient (Wildman–Crippen LogP) is 4.97. The van der Waals surface area contributed by atoms with E-state index in [1.807, 2.05) is 24.3 Å². The van der Waals surface area contributed by atoms with E-state index in [1.165, 1.54) is 32.1 Å². The first-order chi connectivity index (χ1) is 16.8. The van der Waals surface area contributed by atoms with Crippen molar-refractivity contribution in [2.24, 2.45) is 5.84 Å². The lowest BCUT2D eigenvalue weighted by Crippen LogP contribution is -2.50. The Morgan fingerprint density at radius 3 is 2.60 bits per heavy atom. The van der Waals surface area contributed by atoms with Crippen LogP contribution >= 0.6 is 0 Å². The fourth-order valence-corrected chi connectivity index (χ4v) is 5.04. The second-order valence-electron chi connectivity index (χ2n) is 10.1. The monoisotopic (exact) mass is 476 g/mol. The molecule has 2 saturated carbocycles. The molecule has 35 heavy (non-hydrogen) atoms. The maximum Gasteiger partial charge on any atom is 0.123 e. The number of amidine groups is 1. The summed E-state index contributed by atoms with van der Waals surface area (Å²) in [7, 11) is 0. The Hall–Kier alpha value is -3.19. The van der Waals surface area contributed by atoms with Crippen molar-refractivity contribution in [1.82, 2.24) is 15.1 Å². The molecule has 0 radical (unpaired) electrons. The maximum absolute atomic E-state index is 8.82. The lowest BCUT2D eigenvalue weighted by molar-refractivity contribution is 0.151. The van der Waals surface area contributed by atoms with Gasteiger partial charge in [0.1, 0.15) is 17.2 Å². The summed E-state index contributed by atoms with van der Waals surface area (Å²) in [6.07, 6.45) is 12.0. The van der Waals surface area contributed by atoms with Crippen LogP contribution in [0, 0.1) is 5.41 Å². The van der Waals surface area contributed by atoms with Gasteiger partial charge in [0, 0.05) is 47.7 Å². The molecule has 5 N–H and O–H groups in total. The molecule has 1 heterocycles. The van der Waals surface area contributed by atoms with Crippen molar-refractivity contribution in [3.63, 3.8) is 0 Å². The van der Waals surface area contributed by atoms with Gasteiger partial charge in [-0.15, -0.1) is 0 Å². The van der Waals surface area contributed by atoms with E-state index in [4.69, 9.17) is 16.0 Å². The molecule has 0 spiro atoms. The van der Waals surface area contributed by atoms with Gasteiger partial charge in [-0.25, -0.2) is 0 Å². The van der Waals surface area contributed by atoms with E-state index < -0.39 is 0 Å². The fourth-order valence-electron chi connectivity index (χ4n) is 5.04. The topological polar surface area (TPSA) is 89.6 Å². The Kier molecular flexibility index (Phi) is 7.55. The number of anilines is 1. The number of benzene rings is 1. The summed E-state index contributed by atoms with van der Waals surface area (Å²) >= 11 is 0. The molecule has 3 aliphatic rings. The molecule has 7 nitrogen and oxygen atoms in total. The molecule has 1 aromatic rings. The molecular formula is C28H40N6O. The first-order valence-electron chi connectivity index (χ1n) is 12.7. The first kappa shape index (κ1) is 24.9. The van der Waals surface area contributed by atoms with Crippen LogP contribution in [0.15, 0.2) is 61.6 Å². The number of rotatable bonds is 9. The van der Waals surface area contributed by atoms with Gasteiger partial charge < -0.3 is 25.3 Å². The van der Waals surface area contributed by atoms with Crippen molar-refractivity contribution in [2.45, 2.75) is 63.5 Å². The van der Waals surface area contributed by atoms with Crippen LogP contribution in [0.2, 0.25) is 0 Å². The van der Waals surface area contributed by atoms with Gasteiger partial charge in [0.25, 0.3) is 0 Å². The number of nitrogen functional groups attached to an aromatic ring is 1. The summed E-state index contributed by atoms with van der Waals surface area (Å²) in [6.45, 7) is 17.0. The minimum atomic E-state index is -0.0847. The minimum absolute atomic E-state index is 0.0847. The number of nitrogens with one attached hydrogen (secondary N) is 3. The Balaban J connectivity index is 1.49. The third-order valence-corrected chi connectivity index (χ3v) is 7.40. The van der Waals surface area contributed by atoms with Crippen LogP contribution in [0.1, 0.15) is 57.4 Å². The molecule has 1 aliphatic heterocycles. The number of ether oxygens (including phenoxy) is 1. The molecule has 0 aromatic heterocycles. The summed E-state index contributed by atoms with van der Waals surface area (Å²) in [5.41, 5.74) is 6.72. The summed E-state index contributed by atoms with van der Waals surface area (Å²) in [4.78, 5) is 4.54. The third kappa shape index (κ3) is 5.90. The number of hydrazine groups is 1. The summed E-state index contributed by atoms with van der Waals surface area (Å²) in [5, 5.41) is 12.0. The third-order valence-electron chi connectivity index (χ3n) is 7.40. The second kappa shape index (κ2) is 10.6. The minimum Gasteiger partial charge on any atom is -0.488 e. The summed E-state index contributed by atoms with van der Waals surface area (Å²) in [5.74, 6) is 7.00. The Morgan fingerprint density at radius 2 is 1.97 bits per heavy atom. The molecule has 4 rings (SSSR count). The molecule has 1 saturated heterocycles. The van der Waals surface area contributed by atoms with Gasteiger partial charge >= 0.3 is 0 Å². The normalized spacial score (nSPS) is 20.3. The molecule has 0 amide bonds. The van der Waals surface area contributed by atoms with Crippen molar-refractivity contribution in [1.29, 1.82) is 5.41 Å². The Bertz CT molecular complexity index is 1020. The molecule has 7 heteroatoms. The highest BCUT2D eigenvalue weighted by Crippen LogP contribution is 2.41. The average molecular weight is 477 g/mol. The van der Waals surface area contributed by atoms with Gasteiger partial charge in [-0.2, -0.15) is 0 Å². The van der Waals surface area contributed by atoms with Crippen molar-refractivity contribution < 1.29 is 4.74 Å². The highest BCUT2D eigenvalue weighted by atomic mass is 16.5. The quantitative estimate of drug-likeness (QED) is 0.132. The number of nitrogens with zero attached hydrogens (tertiary/aromatic N) is 2. The number of nitrogens with two attached hydrogens (primary N) is 1. The van der Waals surface area contributed by atoms with E-state index in [-0.39, 0.29) is 5.60 Å². The average Bonchev–Trinajstić information content (AvgIpc) is 3.59. The number of hydrogen-bond acceptors (Lipinski definition) is 6. The molecule has 0 atom stereocenters. The van der Waals surface area contributed by atoms with E-state index in [0.717, 1.165) is 48.6 Å². The van der Waals surface area contributed by atoms with Gasteiger partial charge in [-0.1, -0.05) is 39.0 Å². The fraction of sp³-hybridized carbons (Fsp3) is 0.464. The lowest BCUT2D eigenvalue weighted by atomic mass is 9.93. The first-order valence-corrected chi connectivity index (χ1v) is 12.7. The van der Waals surface area contributed by atoms with E-state index in [1.54, 1.807) is 6.20 Å². The van der Waals surface area contributed by atoms with Crippen molar-refractivity contribution in [3.05, 3.63) is 67.2 Å². The molecule has 2 aliphatic carbocycles. The van der Waals surface area contributed by atoms with Crippen LogP contribution in [0.4, 0.5) is 5.69 Å². The molecule has 0 bridgehead atoms. The van der Waals surface area contributed by atoms with Crippen LogP contribution in [0.3, 0.4) is 0 Å². The Morgan fingerprint density at radius 1 is 1.23 bits per heavy atom. The maximum atomic E-state index is 8.82. The van der Waals surface area contributed by atoms with Crippen LogP contribution in [0.5, 0.6) is 5.75 Å². The van der Waals surface area contributed by atoms with Gasteiger partial charge in [0.05, 0.1) is 12.2 Å². The lowest BCUT2D eigenvalue weighted by Gasteiger charge is -2.44. The van der Waals surface area contributed by atoms with E-state index in [9.17, 15) is 0 Å². The molecule has 3 fully saturated rings. The van der Waals surface area contributed by atoms with E-state index in [0.29, 0.717) is 29.7 Å². The highest BCUT2D eigenvalue weighted by Gasteiger charge is 2.40. The van der Waals surface area contributed by atoms with Gasteiger partial charge in [0.2, 0.25) is 0 Å². The van der Waals surface area contributed by atoms with Crippen LogP contribution < -0.4 is 21.3 Å². The summed E-state index contributed by atoms with van der Waals surface area (Å²) in [6, 6.07) is 6.37. The van der Waals surface area contributed by atoms with Crippen LogP contribution in [-0.2, 0) is 0 Å². The van der Waals surface area contributed by atoms with Gasteiger partial charge in [-0.05, 0) is 57.0 Å².